The number of rotatable bonds is 3. The van der Waals surface area contributed by atoms with E-state index in [9.17, 15) is 14.4 Å². The van der Waals surface area contributed by atoms with Gasteiger partial charge in [-0.05, 0) is 43.8 Å². The molecule has 3 rings (SSSR count). The Kier molecular flexibility index (Phi) is 3.99. The predicted octanol–water partition coefficient (Wildman–Crippen LogP) is 1.17. The number of nitrogens with one attached hydrogen (secondary N) is 1. The lowest BCUT2D eigenvalue weighted by atomic mass is 9.81. The number of hydrogen-bond acceptors (Lipinski definition) is 4. The summed E-state index contributed by atoms with van der Waals surface area (Å²) in [5, 5.41) is 2.70. The van der Waals surface area contributed by atoms with Gasteiger partial charge in [0.05, 0.1) is 6.42 Å². The molecule has 1 spiro atoms. The maximum atomic E-state index is 12.4. The third-order valence-corrected chi connectivity index (χ3v) is 6.65. The van der Waals surface area contributed by atoms with Crippen molar-refractivity contribution < 1.29 is 14.4 Å². The first-order chi connectivity index (χ1) is 10.1. The maximum Gasteiger partial charge on any atom is 0.245 e. The molecule has 6 heteroatoms. The highest BCUT2D eigenvalue weighted by Crippen LogP contribution is 2.49. The summed E-state index contributed by atoms with van der Waals surface area (Å²) in [5.41, 5.74) is 0. The van der Waals surface area contributed by atoms with E-state index in [1.807, 2.05) is 0 Å². The monoisotopic (exact) mass is 310 g/mol. The second-order valence-corrected chi connectivity index (χ2v) is 7.89. The van der Waals surface area contributed by atoms with Gasteiger partial charge in [-0.15, -0.1) is 11.8 Å². The quantitative estimate of drug-likeness (QED) is 0.795. The first-order valence-corrected chi connectivity index (χ1v) is 8.74. The Hall–Kier alpha value is -1.04. The van der Waals surface area contributed by atoms with Crippen molar-refractivity contribution in [1.82, 2.24) is 10.2 Å². The van der Waals surface area contributed by atoms with Crippen molar-refractivity contribution in [3.05, 3.63) is 0 Å². The summed E-state index contributed by atoms with van der Waals surface area (Å²) in [7, 11) is 1.67. The number of amides is 3. The lowest BCUT2D eigenvalue weighted by molar-refractivity contribution is -0.140. The van der Waals surface area contributed by atoms with E-state index in [0.29, 0.717) is 18.9 Å². The smallest absolute Gasteiger partial charge is 0.245 e. The highest BCUT2D eigenvalue weighted by atomic mass is 32.2. The van der Waals surface area contributed by atoms with Crippen molar-refractivity contribution in [1.29, 1.82) is 0 Å². The number of nitrogens with zero attached hydrogens (tertiary/aromatic N) is 1. The van der Waals surface area contributed by atoms with Crippen molar-refractivity contribution in [2.75, 3.05) is 19.3 Å². The first-order valence-electron chi connectivity index (χ1n) is 7.76. The number of imide groups is 1. The minimum absolute atomic E-state index is 0.000578. The molecule has 1 saturated carbocycles. The van der Waals surface area contributed by atoms with Gasteiger partial charge in [-0.25, -0.2) is 0 Å². The summed E-state index contributed by atoms with van der Waals surface area (Å²) in [6, 6.07) is 0. The third kappa shape index (κ3) is 2.58. The van der Waals surface area contributed by atoms with Crippen LogP contribution in [0.15, 0.2) is 0 Å². The maximum absolute atomic E-state index is 12.4. The molecule has 5 nitrogen and oxygen atoms in total. The number of hydrogen-bond donors (Lipinski definition) is 1. The summed E-state index contributed by atoms with van der Waals surface area (Å²) in [4.78, 5) is 37.7. The number of likely N-dealkylation sites (tertiary alicyclic amines) is 1. The molecule has 3 fully saturated rings. The molecule has 1 aliphatic carbocycles. The molecule has 116 valence electrons. The summed E-state index contributed by atoms with van der Waals surface area (Å²) in [5.74, 6) is 1.61. The van der Waals surface area contributed by atoms with Gasteiger partial charge >= 0.3 is 0 Å². The van der Waals surface area contributed by atoms with E-state index in [2.05, 4.69) is 5.32 Å². The largest absolute Gasteiger partial charge is 0.359 e. The van der Waals surface area contributed by atoms with Crippen LogP contribution in [0.2, 0.25) is 0 Å². The second kappa shape index (κ2) is 5.63. The Labute approximate surface area is 129 Å². The Balaban J connectivity index is 1.55. The predicted molar refractivity (Wildman–Crippen MR) is 80.7 cm³/mol. The molecule has 2 aliphatic heterocycles. The minimum atomic E-state index is -0.406. The Bertz CT molecular complexity index is 468. The Morgan fingerprint density at radius 1 is 1.33 bits per heavy atom. The zero-order valence-electron chi connectivity index (χ0n) is 12.4. The van der Waals surface area contributed by atoms with Gasteiger partial charge in [0.1, 0.15) is 4.75 Å². The van der Waals surface area contributed by atoms with E-state index < -0.39 is 4.75 Å². The molecule has 21 heavy (non-hydrogen) atoms. The van der Waals surface area contributed by atoms with Gasteiger partial charge in [-0.3, -0.25) is 19.3 Å². The van der Waals surface area contributed by atoms with E-state index in [0.717, 1.165) is 37.9 Å². The highest BCUT2D eigenvalue weighted by molar-refractivity contribution is 8.02. The van der Waals surface area contributed by atoms with Crippen LogP contribution in [0.4, 0.5) is 0 Å². The van der Waals surface area contributed by atoms with Crippen molar-refractivity contribution in [2.24, 2.45) is 11.8 Å². The van der Waals surface area contributed by atoms with Crippen LogP contribution >= 0.6 is 11.8 Å². The van der Waals surface area contributed by atoms with Crippen molar-refractivity contribution in [2.45, 2.75) is 43.3 Å². The van der Waals surface area contributed by atoms with Gasteiger partial charge in [0.25, 0.3) is 0 Å². The number of thioether (sulfide) groups is 1. The zero-order valence-corrected chi connectivity index (χ0v) is 13.2. The molecule has 1 unspecified atom stereocenters. The van der Waals surface area contributed by atoms with Gasteiger partial charge in [-0.1, -0.05) is 0 Å². The normalized spacial score (nSPS) is 36.0. The van der Waals surface area contributed by atoms with Gasteiger partial charge in [0, 0.05) is 19.5 Å². The van der Waals surface area contributed by atoms with E-state index in [4.69, 9.17) is 0 Å². The topological polar surface area (TPSA) is 66.5 Å². The molecule has 3 amide bonds. The molecule has 0 aromatic heterocycles. The number of carbonyl (C=O) groups is 3. The minimum Gasteiger partial charge on any atom is -0.359 e. The average molecular weight is 310 g/mol. The van der Waals surface area contributed by atoms with E-state index >= 15 is 0 Å². The van der Waals surface area contributed by atoms with Crippen LogP contribution in [0, 0.1) is 11.8 Å². The van der Waals surface area contributed by atoms with E-state index in [1.165, 1.54) is 4.90 Å². The van der Waals surface area contributed by atoms with Crippen LogP contribution in [0.3, 0.4) is 0 Å². The SMILES string of the molecule is CNC(=O)C1CCC(CN2C(=O)CC3(CCS3)C2=O)CC1. The Morgan fingerprint density at radius 3 is 2.48 bits per heavy atom. The average Bonchev–Trinajstić information content (AvgIpc) is 2.72. The molecule has 0 radical (unpaired) electrons. The van der Waals surface area contributed by atoms with Crippen LogP contribution in [0.1, 0.15) is 38.5 Å². The summed E-state index contributed by atoms with van der Waals surface area (Å²) in [6.07, 6.45) is 4.82. The molecular formula is C15H22N2O3S. The molecule has 0 bridgehead atoms. The molecular weight excluding hydrogens is 288 g/mol. The van der Waals surface area contributed by atoms with Gasteiger partial charge in [0.2, 0.25) is 17.7 Å². The Morgan fingerprint density at radius 2 is 2.00 bits per heavy atom. The van der Waals surface area contributed by atoms with Gasteiger partial charge in [-0.2, -0.15) is 0 Å². The first kappa shape index (κ1) is 14.9. The van der Waals surface area contributed by atoms with Crippen LogP contribution in [0.5, 0.6) is 0 Å². The fourth-order valence-corrected chi connectivity index (χ4v) is 4.84. The highest BCUT2D eigenvalue weighted by Gasteiger charge is 2.55. The molecule has 2 saturated heterocycles. The third-order valence-electron chi connectivity index (χ3n) is 5.16. The van der Waals surface area contributed by atoms with E-state index in [-0.39, 0.29) is 23.6 Å². The summed E-state index contributed by atoms with van der Waals surface area (Å²) in [6.45, 7) is 0.556. The van der Waals surface area contributed by atoms with Crippen molar-refractivity contribution >= 4 is 29.5 Å². The lowest BCUT2D eigenvalue weighted by Gasteiger charge is -2.35. The van der Waals surface area contributed by atoms with Crippen molar-refractivity contribution in [3.63, 3.8) is 0 Å². The van der Waals surface area contributed by atoms with Crippen LogP contribution in [0.25, 0.3) is 0 Å². The van der Waals surface area contributed by atoms with Crippen LogP contribution < -0.4 is 5.32 Å². The fourth-order valence-electron chi connectivity index (χ4n) is 3.69. The standard InChI is InChI=1S/C15H22N2O3S/c1-16-13(19)11-4-2-10(3-5-11)9-17-12(18)8-15(14(17)20)6-7-21-15/h10-11H,2-9H2,1H3,(H,16,19). The van der Waals surface area contributed by atoms with Gasteiger partial charge < -0.3 is 5.32 Å². The summed E-state index contributed by atoms with van der Waals surface area (Å²) < 4.78 is -0.406. The second-order valence-electron chi connectivity index (χ2n) is 6.41. The van der Waals surface area contributed by atoms with Crippen LogP contribution in [-0.2, 0) is 14.4 Å². The van der Waals surface area contributed by atoms with Crippen molar-refractivity contribution in [3.8, 4) is 0 Å². The van der Waals surface area contributed by atoms with E-state index in [1.54, 1.807) is 18.8 Å². The zero-order chi connectivity index (χ0) is 15.0. The molecule has 1 N–H and O–H groups in total. The fraction of sp³-hybridized carbons (Fsp3) is 0.800. The molecule has 1 atom stereocenters. The van der Waals surface area contributed by atoms with Crippen LogP contribution in [-0.4, -0.2) is 46.7 Å². The lowest BCUT2D eigenvalue weighted by Crippen LogP contribution is -2.45. The number of carbonyl (C=O) groups excluding carboxylic acids is 3. The molecule has 3 aliphatic rings. The molecule has 2 heterocycles. The molecule has 0 aromatic carbocycles. The van der Waals surface area contributed by atoms with Gasteiger partial charge in [0.15, 0.2) is 0 Å². The summed E-state index contributed by atoms with van der Waals surface area (Å²) >= 11 is 1.64. The molecule has 0 aromatic rings.